The average molecular weight is 417 g/mol. The van der Waals surface area contributed by atoms with E-state index >= 15 is 0 Å². The van der Waals surface area contributed by atoms with E-state index in [-0.39, 0.29) is 11.8 Å². The number of aromatic amines is 1. The van der Waals surface area contributed by atoms with Crippen molar-refractivity contribution in [2.75, 3.05) is 6.54 Å². The smallest absolute Gasteiger partial charge is 0.417 e. The zero-order valence-electron chi connectivity index (χ0n) is 15.5. The van der Waals surface area contributed by atoms with E-state index in [9.17, 15) is 18.0 Å². The van der Waals surface area contributed by atoms with Gasteiger partial charge in [0.05, 0.1) is 28.8 Å². The fourth-order valence-corrected chi connectivity index (χ4v) is 3.61. The second-order valence-electron chi connectivity index (χ2n) is 6.90. The number of carbonyl (C=O) groups excluding carboxylic acids is 1. The zero-order chi connectivity index (χ0) is 21.0. The molecule has 0 saturated carbocycles. The number of alkyl halides is 3. The lowest BCUT2D eigenvalue weighted by molar-refractivity contribution is -0.137. The molecule has 30 heavy (non-hydrogen) atoms. The molecular weight excluding hydrogens is 403 g/mol. The first-order valence-corrected chi connectivity index (χ1v) is 9.01. The van der Waals surface area contributed by atoms with Crippen molar-refractivity contribution in [1.29, 1.82) is 0 Å². The van der Waals surface area contributed by atoms with Gasteiger partial charge in [0.1, 0.15) is 6.04 Å². The summed E-state index contributed by atoms with van der Waals surface area (Å²) in [7, 11) is 0. The van der Waals surface area contributed by atoms with Crippen LogP contribution in [0.25, 0.3) is 5.52 Å². The molecular formula is C18H14F3N7O2. The lowest BCUT2D eigenvalue weighted by Crippen LogP contribution is -2.41. The summed E-state index contributed by atoms with van der Waals surface area (Å²) < 4.78 is 45.6. The van der Waals surface area contributed by atoms with Crippen molar-refractivity contribution in [1.82, 2.24) is 34.7 Å². The lowest BCUT2D eigenvalue weighted by atomic mass is 9.99. The Balaban J connectivity index is 1.61. The number of carbonyl (C=O) groups is 1. The van der Waals surface area contributed by atoms with Gasteiger partial charge in [-0.2, -0.15) is 18.3 Å². The third-order valence-electron chi connectivity index (χ3n) is 4.98. The van der Waals surface area contributed by atoms with Crippen LogP contribution in [0.4, 0.5) is 13.2 Å². The Morgan fingerprint density at radius 2 is 2.13 bits per heavy atom. The fraction of sp³-hybridized carbons (Fsp3) is 0.278. The highest BCUT2D eigenvalue weighted by molar-refractivity contribution is 5.90. The number of imidazole rings is 1. The van der Waals surface area contributed by atoms with Gasteiger partial charge in [0, 0.05) is 31.8 Å². The van der Waals surface area contributed by atoms with Gasteiger partial charge in [-0.05, 0) is 18.2 Å². The first-order valence-electron chi connectivity index (χ1n) is 9.01. The summed E-state index contributed by atoms with van der Waals surface area (Å²) in [6, 6.07) is 3.25. The van der Waals surface area contributed by atoms with Gasteiger partial charge in [-0.25, -0.2) is 9.50 Å². The Kier molecular flexibility index (Phi) is 3.91. The highest BCUT2D eigenvalue weighted by atomic mass is 19.4. The van der Waals surface area contributed by atoms with Gasteiger partial charge in [0.2, 0.25) is 5.89 Å². The van der Waals surface area contributed by atoms with Crippen LogP contribution in [-0.2, 0) is 12.6 Å². The first kappa shape index (κ1) is 18.3. The number of H-pyrrole nitrogens is 1. The second kappa shape index (κ2) is 6.40. The zero-order valence-corrected chi connectivity index (χ0v) is 15.5. The minimum Gasteiger partial charge on any atom is -0.417 e. The summed E-state index contributed by atoms with van der Waals surface area (Å²) >= 11 is 0. The Labute approximate surface area is 166 Å². The van der Waals surface area contributed by atoms with Crippen LogP contribution >= 0.6 is 0 Å². The second-order valence-corrected chi connectivity index (χ2v) is 6.90. The van der Waals surface area contributed by atoms with E-state index in [1.807, 2.05) is 0 Å². The molecule has 5 rings (SSSR count). The van der Waals surface area contributed by atoms with E-state index in [1.54, 1.807) is 13.0 Å². The molecule has 1 unspecified atom stereocenters. The summed E-state index contributed by atoms with van der Waals surface area (Å²) in [5, 5.41) is 11.8. The maximum atomic E-state index is 13.1. The van der Waals surface area contributed by atoms with Crippen molar-refractivity contribution in [2.45, 2.75) is 25.6 Å². The molecule has 0 aliphatic carbocycles. The van der Waals surface area contributed by atoms with Crippen LogP contribution in [0, 0.1) is 6.92 Å². The Hall–Kier alpha value is -3.70. The molecule has 0 radical (unpaired) electrons. The molecule has 1 aliphatic heterocycles. The first-order chi connectivity index (χ1) is 14.3. The van der Waals surface area contributed by atoms with Crippen molar-refractivity contribution in [3.05, 3.63) is 65.1 Å². The molecule has 0 fully saturated rings. The highest BCUT2D eigenvalue weighted by Crippen LogP contribution is 2.35. The quantitative estimate of drug-likeness (QED) is 0.538. The Morgan fingerprint density at radius 3 is 2.87 bits per heavy atom. The summed E-state index contributed by atoms with van der Waals surface area (Å²) in [6.45, 7) is 1.89. The Bertz CT molecular complexity index is 1260. The van der Waals surface area contributed by atoms with Crippen molar-refractivity contribution in [3.63, 3.8) is 0 Å². The molecule has 1 aliphatic rings. The number of aromatic nitrogens is 6. The van der Waals surface area contributed by atoms with Gasteiger partial charge >= 0.3 is 18.0 Å². The van der Waals surface area contributed by atoms with Crippen LogP contribution in [0.15, 0.2) is 35.1 Å². The van der Waals surface area contributed by atoms with Gasteiger partial charge in [-0.3, -0.25) is 4.79 Å². The number of pyridine rings is 1. The largest absolute Gasteiger partial charge is 0.417 e. The van der Waals surface area contributed by atoms with Crippen molar-refractivity contribution in [3.8, 4) is 0 Å². The molecule has 4 aromatic heterocycles. The number of halogens is 3. The van der Waals surface area contributed by atoms with Crippen molar-refractivity contribution >= 4 is 11.4 Å². The molecule has 0 saturated heterocycles. The molecule has 12 heteroatoms. The summed E-state index contributed by atoms with van der Waals surface area (Å²) in [6.07, 6.45) is -1.53. The van der Waals surface area contributed by atoms with E-state index in [0.717, 1.165) is 22.5 Å². The van der Waals surface area contributed by atoms with Gasteiger partial charge < -0.3 is 14.3 Å². The molecule has 1 amide bonds. The van der Waals surface area contributed by atoms with E-state index in [1.165, 1.54) is 17.3 Å². The third-order valence-corrected chi connectivity index (χ3v) is 4.98. The number of fused-ring (bicyclic) bond motifs is 2. The third kappa shape index (κ3) is 2.91. The molecule has 1 atom stereocenters. The highest BCUT2D eigenvalue weighted by Gasteiger charge is 2.38. The minimum atomic E-state index is -4.49. The van der Waals surface area contributed by atoms with Gasteiger partial charge in [0.25, 0.3) is 0 Å². The van der Waals surface area contributed by atoms with E-state index in [0.29, 0.717) is 29.9 Å². The average Bonchev–Trinajstić information content (AvgIpc) is 3.43. The minimum absolute atomic E-state index is 0.167. The predicted octanol–water partition coefficient (Wildman–Crippen LogP) is 2.56. The molecule has 1 N–H and O–H groups in total. The number of hydrogen-bond acceptors (Lipinski definition) is 6. The van der Waals surface area contributed by atoms with E-state index in [4.69, 9.17) is 4.42 Å². The molecule has 9 nitrogen and oxygen atoms in total. The van der Waals surface area contributed by atoms with Gasteiger partial charge in [0.15, 0.2) is 0 Å². The normalized spacial score (nSPS) is 16.8. The van der Waals surface area contributed by atoms with Gasteiger partial charge in [-0.1, -0.05) is 0 Å². The van der Waals surface area contributed by atoms with Crippen LogP contribution in [-0.4, -0.2) is 47.1 Å². The number of nitrogens with one attached hydrogen (secondary N) is 1. The van der Waals surface area contributed by atoms with E-state index < -0.39 is 23.7 Å². The Morgan fingerprint density at radius 1 is 1.30 bits per heavy atom. The monoisotopic (exact) mass is 417 g/mol. The number of rotatable bonds is 2. The van der Waals surface area contributed by atoms with Crippen LogP contribution in [0.5, 0.6) is 0 Å². The maximum Gasteiger partial charge on any atom is 0.417 e. The van der Waals surface area contributed by atoms with Crippen molar-refractivity contribution < 1.29 is 22.4 Å². The van der Waals surface area contributed by atoms with Crippen molar-refractivity contribution in [2.24, 2.45) is 0 Å². The molecule has 154 valence electrons. The maximum absolute atomic E-state index is 13.1. The number of aryl methyl sites for hydroxylation is 1. The molecule has 5 heterocycles. The SMILES string of the molecule is Cc1nnc(C(=O)N2CCc3[nH]cnc3C2c2cc3ccc(C(F)(F)F)cn3n2)o1. The lowest BCUT2D eigenvalue weighted by Gasteiger charge is -2.32. The van der Waals surface area contributed by atoms with E-state index in [2.05, 4.69) is 25.3 Å². The molecule has 0 bridgehead atoms. The standard InChI is InChI=1S/C18H14F3N7O2/c1-9-24-25-16(30-9)17(29)27-5-4-12-14(23-8-22-12)15(27)13-6-11-3-2-10(18(19,20)21)7-28(11)26-13/h2-3,6-8,15H,4-5H2,1H3,(H,22,23). The van der Waals surface area contributed by atoms with Crippen LogP contribution in [0.3, 0.4) is 0 Å². The summed E-state index contributed by atoms with van der Waals surface area (Å²) in [5.41, 5.74) is 1.43. The van der Waals surface area contributed by atoms with Gasteiger partial charge in [-0.15, -0.1) is 10.2 Å². The fourth-order valence-electron chi connectivity index (χ4n) is 3.61. The molecule has 4 aromatic rings. The predicted molar refractivity (Wildman–Crippen MR) is 94.4 cm³/mol. The van der Waals surface area contributed by atoms with Crippen LogP contribution in [0.2, 0.25) is 0 Å². The molecule has 0 spiro atoms. The van der Waals surface area contributed by atoms with Crippen LogP contribution in [0.1, 0.15) is 45.3 Å². The number of nitrogens with zero attached hydrogens (tertiary/aromatic N) is 6. The summed E-state index contributed by atoms with van der Waals surface area (Å²) in [5.74, 6) is -0.415. The number of hydrogen-bond donors (Lipinski definition) is 1. The topological polar surface area (TPSA) is 105 Å². The summed E-state index contributed by atoms with van der Waals surface area (Å²) in [4.78, 5) is 21.9. The van der Waals surface area contributed by atoms with Crippen LogP contribution < -0.4 is 0 Å². The number of amides is 1. The molecule has 0 aromatic carbocycles.